The molecule has 1 aliphatic heterocycles. The van der Waals surface area contributed by atoms with E-state index in [4.69, 9.17) is 0 Å². The number of hydrogen-bond donors (Lipinski definition) is 0. The molecule has 3 aromatic carbocycles. The summed E-state index contributed by atoms with van der Waals surface area (Å²) in [6.45, 7) is 0. The Morgan fingerprint density at radius 3 is 2.25 bits per heavy atom. The van der Waals surface area contributed by atoms with Crippen LogP contribution in [0.2, 0.25) is 0 Å². The molecule has 28 heavy (non-hydrogen) atoms. The molecular weight excluding hydrogens is 346 g/mol. The van der Waals surface area contributed by atoms with Gasteiger partial charge in [-0.15, -0.1) is 0 Å². The van der Waals surface area contributed by atoms with E-state index in [1.807, 2.05) is 48.5 Å². The second-order valence-electron chi connectivity index (χ2n) is 8.51. The van der Waals surface area contributed by atoms with Gasteiger partial charge in [-0.05, 0) is 59.1 Å². The van der Waals surface area contributed by atoms with Crippen LogP contribution >= 0.6 is 0 Å². The first-order valence-electron chi connectivity index (χ1n) is 10.1. The second kappa shape index (κ2) is 5.78. The van der Waals surface area contributed by atoms with Gasteiger partial charge in [0.2, 0.25) is 11.8 Å². The highest BCUT2D eigenvalue weighted by Crippen LogP contribution is 2.61. The standard InChI is InChI=1S/C25H21NO2/c27-24-22-18-13-20(16-7-2-1-3-8-16)21(14-18)23(22)25(28)26(24)19-11-10-15-6-4-5-9-17(15)12-19/h1-12,18,20-23H,13-14H2. The first-order valence-corrected chi connectivity index (χ1v) is 10.1. The molecule has 6 rings (SSSR count). The Balaban J connectivity index is 1.37. The average Bonchev–Trinajstić information content (AvgIpc) is 3.40. The lowest BCUT2D eigenvalue weighted by molar-refractivity contribution is -0.123. The molecule has 2 saturated carbocycles. The Bertz CT molecular complexity index is 1110. The minimum Gasteiger partial charge on any atom is -0.274 e. The van der Waals surface area contributed by atoms with Crippen molar-refractivity contribution in [1.29, 1.82) is 0 Å². The number of nitrogens with zero attached hydrogens (tertiary/aromatic N) is 1. The van der Waals surface area contributed by atoms with Crippen molar-refractivity contribution >= 4 is 28.3 Å². The Hall–Kier alpha value is -2.94. The van der Waals surface area contributed by atoms with Gasteiger partial charge < -0.3 is 0 Å². The summed E-state index contributed by atoms with van der Waals surface area (Å²) in [6.07, 6.45) is 2.04. The van der Waals surface area contributed by atoms with Crippen LogP contribution in [0.5, 0.6) is 0 Å². The van der Waals surface area contributed by atoms with Gasteiger partial charge in [0.05, 0.1) is 17.5 Å². The predicted molar refractivity (Wildman–Crippen MR) is 109 cm³/mol. The number of imide groups is 1. The molecule has 5 atom stereocenters. The van der Waals surface area contributed by atoms with Gasteiger partial charge in [-0.1, -0.05) is 60.7 Å². The van der Waals surface area contributed by atoms with E-state index < -0.39 is 0 Å². The molecule has 3 nitrogen and oxygen atoms in total. The lowest BCUT2D eigenvalue weighted by Gasteiger charge is -2.28. The van der Waals surface area contributed by atoms with Crippen molar-refractivity contribution < 1.29 is 9.59 Å². The van der Waals surface area contributed by atoms with Crippen LogP contribution in [-0.4, -0.2) is 11.8 Å². The number of benzene rings is 3. The first kappa shape index (κ1) is 16.1. The SMILES string of the molecule is O=C1C2C3CC(c4ccccc4)C(C3)C2C(=O)N1c1ccc2ccccc2c1. The van der Waals surface area contributed by atoms with E-state index in [1.165, 1.54) is 10.5 Å². The van der Waals surface area contributed by atoms with Gasteiger partial charge in [0, 0.05) is 0 Å². The first-order chi connectivity index (χ1) is 13.7. The van der Waals surface area contributed by atoms with Gasteiger partial charge >= 0.3 is 0 Å². The highest BCUT2D eigenvalue weighted by molar-refractivity contribution is 6.23. The quantitative estimate of drug-likeness (QED) is 0.612. The topological polar surface area (TPSA) is 37.4 Å². The normalized spacial score (nSPS) is 31.0. The highest BCUT2D eigenvalue weighted by Gasteiger charge is 2.64. The average molecular weight is 367 g/mol. The maximum Gasteiger partial charge on any atom is 0.237 e. The summed E-state index contributed by atoms with van der Waals surface area (Å²) in [5.41, 5.74) is 2.04. The number of anilines is 1. The van der Waals surface area contributed by atoms with Crippen molar-refractivity contribution in [2.24, 2.45) is 23.7 Å². The lowest BCUT2D eigenvalue weighted by atomic mass is 9.73. The number of carbonyl (C=O) groups excluding carboxylic acids is 2. The van der Waals surface area contributed by atoms with Gasteiger partial charge in [-0.25, -0.2) is 0 Å². The number of amides is 2. The molecule has 5 unspecified atom stereocenters. The van der Waals surface area contributed by atoms with E-state index in [2.05, 4.69) is 24.3 Å². The largest absolute Gasteiger partial charge is 0.274 e. The summed E-state index contributed by atoms with van der Waals surface area (Å²) >= 11 is 0. The number of fused-ring (bicyclic) bond motifs is 6. The Morgan fingerprint density at radius 2 is 1.43 bits per heavy atom. The van der Waals surface area contributed by atoms with Crippen LogP contribution in [0.25, 0.3) is 10.8 Å². The van der Waals surface area contributed by atoms with Gasteiger partial charge in [-0.2, -0.15) is 0 Å². The zero-order valence-corrected chi connectivity index (χ0v) is 15.5. The number of carbonyl (C=O) groups is 2. The molecule has 2 amide bonds. The molecular formula is C25H21NO2. The van der Waals surface area contributed by atoms with Crippen molar-refractivity contribution in [2.45, 2.75) is 18.8 Å². The minimum absolute atomic E-state index is 0.0124. The Labute approximate surface area is 164 Å². The molecule has 1 heterocycles. The summed E-state index contributed by atoms with van der Waals surface area (Å²) in [4.78, 5) is 28.2. The molecule has 3 heteroatoms. The van der Waals surface area contributed by atoms with E-state index in [0.717, 1.165) is 29.3 Å². The molecule has 2 aliphatic carbocycles. The predicted octanol–water partition coefficient (Wildman–Crippen LogP) is 4.77. The molecule has 138 valence electrons. The molecule has 0 N–H and O–H groups in total. The second-order valence-corrected chi connectivity index (χ2v) is 8.51. The van der Waals surface area contributed by atoms with Crippen LogP contribution in [0.1, 0.15) is 24.3 Å². The third-order valence-corrected chi connectivity index (χ3v) is 7.23. The lowest BCUT2D eigenvalue weighted by Crippen LogP contribution is -2.32. The van der Waals surface area contributed by atoms with E-state index in [0.29, 0.717) is 17.8 Å². The zero-order valence-electron chi connectivity index (χ0n) is 15.5. The third kappa shape index (κ3) is 2.10. The molecule has 0 spiro atoms. The van der Waals surface area contributed by atoms with Gasteiger partial charge in [0.1, 0.15) is 0 Å². The molecule has 0 aromatic heterocycles. The molecule has 3 aliphatic rings. The summed E-state index contributed by atoms with van der Waals surface area (Å²) in [7, 11) is 0. The maximum absolute atomic E-state index is 13.4. The fourth-order valence-electron chi connectivity index (χ4n) is 6.11. The molecule has 3 fully saturated rings. The van der Waals surface area contributed by atoms with Crippen LogP contribution in [0.4, 0.5) is 5.69 Å². The van der Waals surface area contributed by atoms with Crippen molar-refractivity contribution in [3.63, 3.8) is 0 Å². The van der Waals surface area contributed by atoms with Crippen LogP contribution < -0.4 is 4.90 Å². The summed E-state index contributed by atoms with van der Waals surface area (Å²) in [5.74, 6) is 0.789. The fraction of sp³-hybridized carbons (Fsp3) is 0.280. The zero-order chi connectivity index (χ0) is 18.8. The van der Waals surface area contributed by atoms with Crippen molar-refractivity contribution in [3.8, 4) is 0 Å². The number of hydrogen-bond acceptors (Lipinski definition) is 2. The molecule has 0 radical (unpaired) electrons. The van der Waals surface area contributed by atoms with Gasteiger partial charge in [0.25, 0.3) is 0 Å². The maximum atomic E-state index is 13.4. The summed E-state index contributed by atoms with van der Waals surface area (Å²) in [6, 6.07) is 24.5. The monoisotopic (exact) mass is 367 g/mol. The van der Waals surface area contributed by atoms with Crippen molar-refractivity contribution in [1.82, 2.24) is 0 Å². The van der Waals surface area contributed by atoms with E-state index in [1.54, 1.807) is 0 Å². The summed E-state index contributed by atoms with van der Waals surface area (Å²) < 4.78 is 0. The highest BCUT2D eigenvalue weighted by atomic mass is 16.2. The van der Waals surface area contributed by atoms with E-state index in [9.17, 15) is 9.59 Å². The van der Waals surface area contributed by atoms with E-state index >= 15 is 0 Å². The van der Waals surface area contributed by atoms with Crippen LogP contribution in [-0.2, 0) is 9.59 Å². The molecule has 1 saturated heterocycles. The minimum atomic E-state index is -0.150. The summed E-state index contributed by atoms with van der Waals surface area (Å²) in [5, 5.41) is 2.18. The Kier molecular flexibility index (Phi) is 3.31. The van der Waals surface area contributed by atoms with E-state index in [-0.39, 0.29) is 23.7 Å². The smallest absolute Gasteiger partial charge is 0.237 e. The molecule has 2 bridgehead atoms. The van der Waals surface area contributed by atoms with Crippen LogP contribution in [0, 0.1) is 23.7 Å². The Morgan fingerprint density at radius 1 is 0.714 bits per heavy atom. The van der Waals surface area contributed by atoms with Crippen LogP contribution in [0.15, 0.2) is 72.8 Å². The fourth-order valence-corrected chi connectivity index (χ4v) is 6.11. The van der Waals surface area contributed by atoms with Crippen molar-refractivity contribution in [2.75, 3.05) is 4.90 Å². The molecule has 3 aromatic rings. The third-order valence-electron chi connectivity index (χ3n) is 7.23. The van der Waals surface area contributed by atoms with Gasteiger partial charge in [0.15, 0.2) is 0 Å². The number of rotatable bonds is 2. The van der Waals surface area contributed by atoms with Crippen LogP contribution in [0.3, 0.4) is 0 Å². The van der Waals surface area contributed by atoms with Gasteiger partial charge in [-0.3, -0.25) is 14.5 Å². The van der Waals surface area contributed by atoms with Crippen molar-refractivity contribution in [3.05, 3.63) is 78.4 Å².